The fourth-order valence-electron chi connectivity index (χ4n) is 9.24. The number of hydrogen-bond donors (Lipinski definition) is 0. The fraction of sp³-hybridized carbons (Fsp3) is 0.0741. The molecule has 6 nitrogen and oxygen atoms in total. The monoisotopic (exact) mass is 1030 g/mol. The molecule has 2 aliphatic rings. The van der Waals surface area contributed by atoms with Crippen LogP contribution in [0.1, 0.15) is 55.3 Å². The van der Waals surface area contributed by atoms with E-state index in [1.807, 2.05) is 83.9 Å². The summed E-state index contributed by atoms with van der Waals surface area (Å²) in [6, 6.07) is 32.7. The Balaban J connectivity index is 1.31. The lowest BCUT2D eigenvalue weighted by Gasteiger charge is -2.37. The number of rotatable bonds is 12. The zero-order valence-corrected chi connectivity index (χ0v) is 42.7. The minimum absolute atomic E-state index is 0.0191. The van der Waals surface area contributed by atoms with Crippen LogP contribution in [0.5, 0.6) is 0 Å². The van der Waals surface area contributed by atoms with Crippen molar-refractivity contribution in [1.82, 2.24) is 9.80 Å². The van der Waals surface area contributed by atoms with E-state index in [0.717, 1.165) is 58.5 Å². The Morgan fingerprint density at radius 2 is 0.588 bits per heavy atom. The third-order valence-corrected chi connectivity index (χ3v) is 20.6. The van der Waals surface area contributed by atoms with Crippen LogP contribution in [0.3, 0.4) is 0 Å². The van der Waals surface area contributed by atoms with Gasteiger partial charge in [0, 0.05) is 105 Å². The topological polar surface area (TPSA) is 74.8 Å². The summed E-state index contributed by atoms with van der Waals surface area (Å²) in [5.74, 6) is -1.98. The number of amides is 4. The largest absolute Gasteiger partial charge is 0.270 e. The summed E-state index contributed by atoms with van der Waals surface area (Å²) in [6.45, 7) is 12.0. The van der Waals surface area contributed by atoms with Gasteiger partial charge in [-0.3, -0.25) is 29.0 Å². The molecule has 12 rings (SSSR count). The Kier molecular flexibility index (Phi) is 10.8. The molecule has 10 aromatic rings. The summed E-state index contributed by atoms with van der Waals surface area (Å²) in [5.41, 5.74) is 4.71. The lowest BCUT2D eigenvalue weighted by molar-refractivity contribution is 0.0605. The van der Waals surface area contributed by atoms with Gasteiger partial charge in [-0.15, -0.1) is 90.7 Å². The van der Waals surface area contributed by atoms with Crippen LogP contribution in [0.2, 0.25) is 0 Å². The minimum atomic E-state index is -0.495. The number of thiophene rings is 8. The number of benzene rings is 2. The van der Waals surface area contributed by atoms with Gasteiger partial charge < -0.3 is 0 Å². The molecule has 0 spiro atoms. The first-order valence-corrected chi connectivity index (χ1v) is 28.1. The molecule has 0 saturated heterocycles. The Morgan fingerprint density at radius 1 is 0.353 bits per heavy atom. The molecule has 4 amide bonds. The third kappa shape index (κ3) is 6.91. The van der Waals surface area contributed by atoms with E-state index in [1.165, 1.54) is 9.80 Å². The highest BCUT2D eigenvalue weighted by molar-refractivity contribution is 7.25. The van der Waals surface area contributed by atoms with E-state index in [4.69, 9.17) is 0 Å². The average molecular weight is 1030 g/mol. The van der Waals surface area contributed by atoms with Crippen molar-refractivity contribution in [1.29, 1.82) is 0 Å². The van der Waals surface area contributed by atoms with E-state index in [2.05, 4.69) is 61.7 Å². The summed E-state index contributed by atoms with van der Waals surface area (Å²) < 4.78 is 0. The van der Waals surface area contributed by atoms with Gasteiger partial charge in [-0.05, 0) is 108 Å². The first-order chi connectivity index (χ1) is 33.0. The maximum absolute atomic E-state index is 15.8. The van der Waals surface area contributed by atoms with Gasteiger partial charge in [-0.1, -0.05) is 48.6 Å². The highest BCUT2D eigenvalue weighted by Crippen LogP contribution is 2.58. The molecule has 0 aliphatic carbocycles. The van der Waals surface area contributed by atoms with Gasteiger partial charge in [0.1, 0.15) is 0 Å². The summed E-state index contributed by atoms with van der Waals surface area (Å²) in [6.07, 6.45) is 0. The van der Waals surface area contributed by atoms with Crippen LogP contribution < -0.4 is 0 Å². The molecule has 10 heterocycles. The zero-order valence-electron chi connectivity index (χ0n) is 36.2. The van der Waals surface area contributed by atoms with E-state index < -0.39 is 23.6 Å². The van der Waals surface area contributed by atoms with Crippen molar-refractivity contribution in [3.8, 4) is 80.8 Å². The molecule has 0 unspecified atom stereocenters. The van der Waals surface area contributed by atoms with Crippen LogP contribution in [-0.4, -0.2) is 46.5 Å². The number of hydrogen-bond acceptors (Lipinski definition) is 12. The predicted molar refractivity (Wildman–Crippen MR) is 291 cm³/mol. The summed E-state index contributed by atoms with van der Waals surface area (Å²) >= 11 is 12.7. The quantitative estimate of drug-likeness (QED) is 0.0903. The van der Waals surface area contributed by atoms with Crippen LogP contribution in [-0.2, 0) is 0 Å². The van der Waals surface area contributed by atoms with Gasteiger partial charge in [-0.25, -0.2) is 0 Å². The second-order valence-electron chi connectivity index (χ2n) is 16.6. The molecule has 14 heteroatoms. The van der Waals surface area contributed by atoms with Crippen molar-refractivity contribution < 1.29 is 19.2 Å². The minimum Gasteiger partial charge on any atom is -0.270 e. The molecule has 8 aromatic heterocycles. The highest BCUT2D eigenvalue weighted by Gasteiger charge is 2.47. The van der Waals surface area contributed by atoms with Gasteiger partial charge in [0.2, 0.25) is 0 Å². The van der Waals surface area contributed by atoms with Gasteiger partial charge in [0.15, 0.2) is 0 Å². The zero-order chi connectivity index (χ0) is 46.5. The molecule has 0 fully saturated rings. The van der Waals surface area contributed by atoms with E-state index in [-0.39, 0.29) is 13.1 Å². The standard InChI is InChI=1S/C54H34N2O4S8/c1-27(2)25-55-51(57)47-41(37-17-13-33(65-37)29-9-5-21-61-29)43(39-19-15-35(67-39)31-11-7-23-63-31)49-46-45(47)48(52(55)58)42(38-18-14-34(66-38)30-10-6-22-62-30)44(40-20-16-36(68-40)32-12-8-24-64-32)50(46)54(60)56(53(49)59)26-28(3)4/h5-24H,1,3,25-26H2,2,4H3. The third-order valence-electron chi connectivity index (χ3n) is 11.9. The van der Waals surface area contributed by atoms with Gasteiger partial charge in [-0.2, -0.15) is 0 Å². The maximum atomic E-state index is 15.8. The van der Waals surface area contributed by atoms with Crippen molar-refractivity contribution in [3.63, 3.8) is 0 Å². The molecular weight excluding hydrogens is 997 g/mol. The maximum Gasteiger partial charge on any atom is 0.262 e. The van der Waals surface area contributed by atoms with Crippen molar-refractivity contribution in [2.24, 2.45) is 0 Å². The first-order valence-electron chi connectivity index (χ1n) is 21.4. The van der Waals surface area contributed by atoms with Crippen LogP contribution >= 0.6 is 90.7 Å². The molecule has 332 valence electrons. The van der Waals surface area contributed by atoms with E-state index in [0.29, 0.717) is 66.4 Å². The molecule has 68 heavy (non-hydrogen) atoms. The second-order valence-corrected chi connectivity index (χ2v) is 24.7. The van der Waals surface area contributed by atoms with Crippen molar-refractivity contribution in [2.75, 3.05) is 13.1 Å². The summed E-state index contributed by atoms with van der Waals surface area (Å²) in [4.78, 5) is 77.4. The van der Waals surface area contributed by atoms with Crippen LogP contribution in [0.25, 0.3) is 91.6 Å². The van der Waals surface area contributed by atoms with Crippen LogP contribution in [0, 0.1) is 0 Å². The van der Waals surface area contributed by atoms with Crippen molar-refractivity contribution >= 4 is 125 Å². The van der Waals surface area contributed by atoms with Gasteiger partial charge in [0.05, 0.1) is 22.3 Å². The van der Waals surface area contributed by atoms with E-state index in [9.17, 15) is 0 Å². The molecule has 2 aromatic carbocycles. The van der Waals surface area contributed by atoms with Crippen molar-refractivity contribution in [3.05, 3.63) is 165 Å². The number of carbonyl (C=O) groups excluding carboxylic acids is 4. The molecule has 0 N–H and O–H groups in total. The first kappa shape index (κ1) is 43.3. The normalized spacial score (nSPS) is 13.4. The van der Waals surface area contributed by atoms with Crippen LogP contribution in [0.4, 0.5) is 0 Å². The van der Waals surface area contributed by atoms with Gasteiger partial charge in [0.25, 0.3) is 23.6 Å². The Labute approximate surface area is 423 Å². The highest BCUT2D eigenvalue weighted by atomic mass is 32.1. The second kappa shape index (κ2) is 16.9. The van der Waals surface area contributed by atoms with E-state index in [1.54, 1.807) is 90.7 Å². The predicted octanol–water partition coefficient (Wildman–Crippen LogP) is 17.0. The lowest BCUT2D eigenvalue weighted by atomic mass is 9.75. The number of carbonyl (C=O) groups is 4. The molecule has 0 atom stereocenters. The average Bonchev–Trinajstić information content (AvgIpc) is 4.17. The molecule has 0 bridgehead atoms. The molecule has 0 radical (unpaired) electrons. The fourth-order valence-corrected chi connectivity index (χ4v) is 16.8. The summed E-state index contributed by atoms with van der Waals surface area (Å²) in [7, 11) is 0. The number of nitrogens with zero attached hydrogens (tertiary/aromatic N) is 2. The summed E-state index contributed by atoms with van der Waals surface area (Å²) in [5, 5.41) is 8.82. The smallest absolute Gasteiger partial charge is 0.262 e. The van der Waals surface area contributed by atoms with Crippen LogP contribution in [0.15, 0.2) is 143 Å². The molecular formula is C54H34N2O4S8. The Hall–Kier alpha value is -5.94. The van der Waals surface area contributed by atoms with Gasteiger partial charge >= 0.3 is 0 Å². The van der Waals surface area contributed by atoms with Crippen molar-refractivity contribution in [2.45, 2.75) is 13.8 Å². The number of imide groups is 2. The van der Waals surface area contributed by atoms with E-state index >= 15 is 19.2 Å². The molecule has 2 aliphatic heterocycles. The Morgan fingerprint density at radius 3 is 0.794 bits per heavy atom. The SMILES string of the molecule is C=C(C)CN1C(=O)c2c(-c3ccc(-c4cccs4)s3)c(-c3ccc(-c4cccs4)s3)c3c4c(c(-c5ccc(-c6cccs6)s5)c(-c5ccc(-c6cccs6)s5)c(c24)C1=O)C(=O)N(CC(=C)C)C3=O. The molecule has 0 saturated carbocycles. The Bertz CT molecular complexity index is 3260. The lowest BCUT2D eigenvalue weighted by Crippen LogP contribution is -2.45.